The average molecular weight is 288 g/mol. The molecule has 3 atom stereocenters. The maximum absolute atomic E-state index is 9.81. The highest BCUT2D eigenvalue weighted by molar-refractivity contribution is 5.59. The normalized spacial score (nSPS) is 31.7. The van der Waals surface area contributed by atoms with E-state index in [-0.39, 0.29) is 12.1 Å². The lowest BCUT2D eigenvalue weighted by Gasteiger charge is -2.35. The molecule has 1 saturated carbocycles. The number of likely N-dealkylation sites (N-methyl/N-ethyl adjacent to an activating group) is 1. The third-order valence-electron chi connectivity index (χ3n) is 5.80. The van der Waals surface area contributed by atoms with Crippen molar-refractivity contribution >= 4 is 5.69 Å². The quantitative estimate of drug-likeness (QED) is 0.874. The van der Waals surface area contributed by atoms with Crippen LogP contribution in [-0.4, -0.2) is 36.9 Å². The number of fused-ring (bicyclic) bond motifs is 1. The van der Waals surface area contributed by atoms with Gasteiger partial charge in [-0.3, -0.25) is 0 Å². The van der Waals surface area contributed by atoms with Crippen LogP contribution in [0.4, 0.5) is 5.69 Å². The zero-order valence-corrected chi connectivity index (χ0v) is 13.3. The zero-order valence-electron chi connectivity index (χ0n) is 13.3. The summed E-state index contributed by atoms with van der Waals surface area (Å²) in [6, 6.07) is 9.40. The number of aliphatic hydroxyl groups excluding tert-OH is 1. The summed E-state index contributed by atoms with van der Waals surface area (Å²) < 4.78 is 0. The van der Waals surface area contributed by atoms with Crippen molar-refractivity contribution in [1.29, 1.82) is 0 Å². The summed E-state index contributed by atoms with van der Waals surface area (Å²) in [6.07, 6.45) is 5.92. The minimum absolute atomic E-state index is 0.0392. The van der Waals surface area contributed by atoms with E-state index in [0.29, 0.717) is 12.0 Å². The highest BCUT2D eigenvalue weighted by atomic mass is 16.3. The molecule has 3 rings (SSSR count). The molecule has 21 heavy (non-hydrogen) atoms. The number of anilines is 1. The largest absolute Gasteiger partial charge is 0.394 e. The maximum atomic E-state index is 9.81. The van der Waals surface area contributed by atoms with Gasteiger partial charge in [-0.05, 0) is 57.2 Å². The van der Waals surface area contributed by atoms with Crippen molar-refractivity contribution in [2.75, 3.05) is 25.1 Å². The SMILES string of the molecule is CNC1(CO)CCCC1CCN1c2ccccc2CC1C. The number of nitrogens with zero attached hydrogens (tertiary/aromatic N) is 1. The van der Waals surface area contributed by atoms with Crippen molar-refractivity contribution in [3.63, 3.8) is 0 Å². The van der Waals surface area contributed by atoms with Gasteiger partial charge >= 0.3 is 0 Å². The van der Waals surface area contributed by atoms with Crippen molar-refractivity contribution in [3.05, 3.63) is 29.8 Å². The Hall–Kier alpha value is -1.06. The Labute approximate surface area is 128 Å². The Kier molecular flexibility index (Phi) is 4.23. The minimum atomic E-state index is -0.0392. The van der Waals surface area contributed by atoms with E-state index < -0.39 is 0 Å². The highest BCUT2D eigenvalue weighted by Gasteiger charge is 2.41. The van der Waals surface area contributed by atoms with Crippen LogP contribution in [0.3, 0.4) is 0 Å². The molecule has 0 saturated heterocycles. The lowest BCUT2D eigenvalue weighted by atomic mass is 9.85. The van der Waals surface area contributed by atoms with Crippen LogP contribution in [0.1, 0.15) is 38.2 Å². The van der Waals surface area contributed by atoms with Crippen molar-refractivity contribution in [1.82, 2.24) is 5.32 Å². The summed E-state index contributed by atoms with van der Waals surface area (Å²) in [5, 5.41) is 13.2. The Morgan fingerprint density at radius 3 is 2.95 bits per heavy atom. The van der Waals surface area contributed by atoms with Gasteiger partial charge in [0, 0.05) is 23.8 Å². The van der Waals surface area contributed by atoms with Crippen molar-refractivity contribution < 1.29 is 5.11 Å². The number of benzene rings is 1. The van der Waals surface area contributed by atoms with Gasteiger partial charge in [0.2, 0.25) is 0 Å². The third kappa shape index (κ3) is 2.58. The second kappa shape index (κ2) is 5.98. The first-order valence-electron chi connectivity index (χ1n) is 8.34. The molecule has 3 nitrogen and oxygen atoms in total. The summed E-state index contributed by atoms with van der Waals surface area (Å²) in [4.78, 5) is 2.56. The number of nitrogens with one attached hydrogen (secondary N) is 1. The molecule has 0 aromatic heterocycles. The fourth-order valence-corrected chi connectivity index (χ4v) is 4.45. The van der Waals surface area contributed by atoms with E-state index in [1.165, 1.54) is 30.5 Å². The third-order valence-corrected chi connectivity index (χ3v) is 5.80. The number of aliphatic hydroxyl groups is 1. The van der Waals surface area contributed by atoms with Gasteiger partial charge in [0.25, 0.3) is 0 Å². The van der Waals surface area contributed by atoms with Crippen LogP contribution in [-0.2, 0) is 6.42 Å². The van der Waals surface area contributed by atoms with E-state index >= 15 is 0 Å². The van der Waals surface area contributed by atoms with Gasteiger partial charge in [0.15, 0.2) is 0 Å². The van der Waals surface area contributed by atoms with E-state index in [2.05, 4.69) is 41.4 Å². The van der Waals surface area contributed by atoms with Gasteiger partial charge in [-0.15, -0.1) is 0 Å². The molecule has 0 amide bonds. The lowest BCUT2D eigenvalue weighted by molar-refractivity contribution is 0.127. The average Bonchev–Trinajstić information content (AvgIpc) is 3.05. The van der Waals surface area contributed by atoms with Gasteiger partial charge in [0.1, 0.15) is 0 Å². The molecule has 1 heterocycles. The second-order valence-corrected chi connectivity index (χ2v) is 6.82. The molecule has 0 spiro atoms. The van der Waals surface area contributed by atoms with Crippen LogP contribution >= 0.6 is 0 Å². The van der Waals surface area contributed by atoms with Gasteiger partial charge in [0.05, 0.1) is 6.61 Å². The van der Waals surface area contributed by atoms with E-state index in [4.69, 9.17) is 0 Å². The summed E-state index contributed by atoms with van der Waals surface area (Å²) in [5.41, 5.74) is 2.86. The van der Waals surface area contributed by atoms with E-state index in [1.807, 2.05) is 7.05 Å². The molecule has 1 aliphatic carbocycles. The highest BCUT2D eigenvalue weighted by Crippen LogP contribution is 2.39. The van der Waals surface area contributed by atoms with Gasteiger partial charge in [-0.2, -0.15) is 0 Å². The molecular weight excluding hydrogens is 260 g/mol. The van der Waals surface area contributed by atoms with Crippen LogP contribution in [0.25, 0.3) is 0 Å². The molecule has 0 radical (unpaired) electrons. The Bertz CT molecular complexity index is 484. The number of hydrogen-bond acceptors (Lipinski definition) is 3. The van der Waals surface area contributed by atoms with E-state index in [1.54, 1.807) is 0 Å². The topological polar surface area (TPSA) is 35.5 Å². The zero-order chi connectivity index (χ0) is 14.9. The molecule has 3 heteroatoms. The molecular formula is C18H28N2O. The fraction of sp³-hybridized carbons (Fsp3) is 0.667. The standard InChI is InChI=1S/C18H28N2O/c1-14-12-15-6-3-4-8-17(15)20(14)11-9-16-7-5-10-18(16,13-21)19-2/h3-4,6,8,14,16,19,21H,5,7,9-13H2,1-2H3. The van der Waals surface area contributed by atoms with Crippen LogP contribution in [0, 0.1) is 5.92 Å². The fourth-order valence-electron chi connectivity index (χ4n) is 4.45. The van der Waals surface area contributed by atoms with Gasteiger partial charge in [-0.1, -0.05) is 24.6 Å². The molecule has 2 aliphatic rings. The molecule has 0 bridgehead atoms. The predicted molar refractivity (Wildman–Crippen MR) is 87.8 cm³/mol. The first-order chi connectivity index (χ1) is 10.2. The summed E-state index contributed by atoms with van der Waals surface area (Å²) >= 11 is 0. The predicted octanol–water partition coefficient (Wildman–Crippen LogP) is 2.58. The van der Waals surface area contributed by atoms with Crippen LogP contribution in [0.5, 0.6) is 0 Å². The molecule has 2 N–H and O–H groups in total. The van der Waals surface area contributed by atoms with Gasteiger partial charge < -0.3 is 15.3 Å². The Balaban J connectivity index is 1.68. The van der Waals surface area contributed by atoms with E-state index in [9.17, 15) is 5.11 Å². The number of para-hydroxylation sites is 1. The molecule has 1 aromatic rings. The Morgan fingerprint density at radius 2 is 2.19 bits per heavy atom. The molecule has 1 aromatic carbocycles. The molecule has 1 fully saturated rings. The molecule has 116 valence electrons. The molecule has 3 unspecified atom stereocenters. The second-order valence-electron chi connectivity index (χ2n) is 6.82. The summed E-state index contributed by atoms with van der Waals surface area (Å²) in [5.74, 6) is 0.590. The van der Waals surface area contributed by atoms with Crippen molar-refractivity contribution in [3.8, 4) is 0 Å². The first kappa shape index (κ1) is 14.9. The first-order valence-corrected chi connectivity index (χ1v) is 8.34. The van der Waals surface area contributed by atoms with Crippen molar-refractivity contribution in [2.45, 2.75) is 50.6 Å². The van der Waals surface area contributed by atoms with E-state index in [0.717, 1.165) is 19.4 Å². The van der Waals surface area contributed by atoms with Crippen LogP contribution in [0.15, 0.2) is 24.3 Å². The van der Waals surface area contributed by atoms with Crippen molar-refractivity contribution in [2.24, 2.45) is 5.92 Å². The lowest BCUT2D eigenvalue weighted by Crippen LogP contribution is -2.50. The number of hydrogen-bond donors (Lipinski definition) is 2. The number of rotatable bonds is 5. The maximum Gasteiger partial charge on any atom is 0.0615 e. The van der Waals surface area contributed by atoms with Crippen LogP contribution in [0.2, 0.25) is 0 Å². The smallest absolute Gasteiger partial charge is 0.0615 e. The summed E-state index contributed by atoms with van der Waals surface area (Å²) in [7, 11) is 2.00. The summed E-state index contributed by atoms with van der Waals surface area (Å²) in [6.45, 7) is 3.69. The monoisotopic (exact) mass is 288 g/mol. The molecule has 1 aliphatic heterocycles. The van der Waals surface area contributed by atoms with Crippen LogP contribution < -0.4 is 10.2 Å². The Morgan fingerprint density at radius 1 is 1.38 bits per heavy atom. The minimum Gasteiger partial charge on any atom is -0.394 e. The van der Waals surface area contributed by atoms with Gasteiger partial charge in [-0.25, -0.2) is 0 Å².